The van der Waals surface area contributed by atoms with Crippen molar-refractivity contribution in [2.24, 2.45) is 29.6 Å². The van der Waals surface area contributed by atoms with E-state index in [0.29, 0.717) is 11.8 Å². The lowest BCUT2D eigenvalue weighted by Gasteiger charge is -2.40. The molecule has 0 amide bonds. The van der Waals surface area contributed by atoms with Gasteiger partial charge in [-0.1, -0.05) is 152 Å². The number of rotatable bonds is 6. The average molecular weight is 823 g/mol. The average Bonchev–Trinajstić information content (AvgIpc) is 4.02. The third kappa shape index (κ3) is 5.87. The van der Waals surface area contributed by atoms with Crippen LogP contribution in [0.1, 0.15) is 45.4 Å². The molecular weight excluding hydrogens is 773 g/mol. The van der Waals surface area contributed by atoms with Gasteiger partial charge in [-0.15, -0.1) is 0 Å². The van der Waals surface area contributed by atoms with Crippen molar-refractivity contribution in [3.05, 3.63) is 239 Å². The summed E-state index contributed by atoms with van der Waals surface area (Å²) in [4.78, 5) is 5.00. The molecule has 3 fully saturated rings. The standard InChI is InChI=1S/C58H50N2O3/c1-35-15-11-17-37(31-35)59(48-27-13-25-45-41-21-7-9-29-52(41)61-57(45)48)50-33-47-55-43-23-5-3-19-39(43)51(34-54(55)63-56(47)44-24-6-4-20-40(44)50)60(38-18-12-16-36(2)32-38)49-28-14-26-46-42-22-8-10-30-53(42)62-58(46)49/h3-34,41-42,45-47,52-58H,1-2H3. The van der Waals surface area contributed by atoms with Gasteiger partial charge in [0.25, 0.3) is 0 Å². The Morgan fingerprint density at radius 1 is 0.413 bits per heavy atom. The molecule has 0 radical (unpaired) electrons. The number of hydrogen-bond donors (Lipinski definition) is 0. The van der Waals surface area contributed by atoms with Crippen LogP contribution in [0.25, 0.3) is 11.4 Å². The van der Waals surface area contributed by atoms with Gasteiger partial charge in [-0.25, -0.2) is 0 Å². The first kappa shape index (κ1) is 37.3. The lowest BCUT2D eigenvalue weighted by Crippen LogP contribution is -2.36. The Balaban J connectivity index is 0.951. The molecule has 6 aliphatic carbocycles. The van der Waals surface area contributed by atoms with Crippen LogP contribution in [0.15, 0.2) is 206 Å². The van der Waals surface area contributed by atoms with Gasteiger partial charge in [0.05, 0.1) is 41.5 Å². The van der Waals surface area contributed by atoms with Gasteiger partial charge in [0.1, 0.15) is 12.2 Å². The zero-order chi connectivity index (χ0) is 41.8. The number of nitrogens with zero attached hydrogens (tertiary/aromatic N) is 2. The van der Waals surface area contributed by atoms with E-state index in [1.54, 1.807) is 0 Å². The molecule has 4 aromatic rings. The Labute approximate surface area is 370 Å². The fourth-order valence-electron chi connectivity index (χ4n) is 12.3. The number of fused-ring (bicyclic) bond motifs is 13. The molecule has 63 heavy (non-hydrogen) atoms. The fourth-order valence-corrected chi connectivity index (χ4v) is 12.3. The number of anilines is 2. The van der Waals surface area contributed by atoms with Gasteiger partial charge in [0, 0.05) is 63.7 Å². The Hall–Kier alpha value is -6.24. The molecule has 5 nitrogen and oxygen atoms in total. The van der Waals surface area contributed by atoms with Crippen molar-refractivity contribution in [3.63, 3.8) is 0 Å². The highest BCUT2D eigenvalue weighted by molar-refractivity contribution is 5.89. The van der Waals surface area contributed by atoms with E-state index in [1.807, 2.05) is 0 Å². The predicted molar refractivity (Wildman–Crippen MR) is 252 cm³/mol. The molecule has 12 unspecified atom stereocenters. The van der Waals surface area contributed by atoms with E-state index in [9.17, 15) is 0 Å². The van der Waals surface area contributed by atoms with E-state index >= 15 is 0 Å². The highest BCUT2D eigenvalue weighted by Gasteiger charge is 2.53. The van der Waals surface area contributed by atoms with Gasteiger partial charge in [-0.2, -0.15) is 0 Å². The van der Waals surface area contributed by atoms with Gasteiger partial charge >= 0.3 is 0 Å². The van der Waals surface area contributed by atoms with Crippen molar-refractivity contribution < 1.29 is 14.2 Å². The highest BCUT2D eigenvalue weighted by atomic mass is 16.5. The molecule has 12 atom stereocenters. The molecule has 0 bridgehead atoms. The summed E-state index contributed by atoms with van der Waals surface area (Å²) >= 11 is 0. The van der Waals surface area contributed by atoms with Crippen molar-refractivity contribution >= 4 is 22.8 Å². The maximum Gasteiger partial charge on any atom is 0.106 e. The van der Waals surface area contributed by atoms with Crippen molar-refractivity contribution in [2.75, 3.05) is 9.80 Å². The smallest absolute Gasteiger partial charge is 0.106 e. The van der Waals surface area contributed by atoms with Gasteiger partial charge in [-0.05, 0) is 78.6 Å². The van der Waals surface area contributed by atoms with Crippen LogP contribution in [0.2, 0.25) is 0 Å². The number of hydrogen-bond acceptors (Lipinski definition) is 5. The summed E-state index contributed by atoms with van der Waals surface area (Å²) in [6.45, 7) is 4.37. The van der Waals surface area contributed by atoms with Crippen molar-refractivity contribution in [2.45, 2.75) is 56.4 Å². The Kier molecular flexibility index (Phi) is 8.69. The summed E-state index contributed by atoms with van der Waals surface area (Å²) in [5, 5.41) is 0. The summed E-state index contributed by atoms with van der Waals surface area (Å²) in [5.41, 5.74) is 14.4. The van der Waals surface area contributed by atoms with Gasteiger partial charge < -0.3 is 24.0 Å². The predicted octanol–water partition coefficient (Wildman–Crippen LogP) is 12.0. The Bertz CT molecular complexity index is 2870. The minimum Gasteiger partial charge on any atom is -0.365 e. The van der Waals surface area contributed by atoms with E-state index in [1.165, 1.54) is 44.8 Å². The van der Waals surface area contributed by atoms with Crippen molar-refractivity contribution in [3.8, 4) is 0 Å². The van der Waals surface area contributed by atoms with E-state index in [2.05, 4.69) is 218 Å². The van der Waals surface area contributed by atoms with Gasteiger partial charge in [0.2, 0.25) is 0 Å². The number of aryl methyl sites for hydroxylation is 2. The normalized spacial score (nSPS) is 33.0. The zero-order valence-electron chi connectivity index (χ0n) is 35.5. The monoisotopic (exact) mass is 822 g/mol. The minimum atomic E-state index is -0.164. The van der Waals surface area contributed by atoms with Crippen LogP contribution in [0.5, 0.6) is 0 Å². The van der Waals surface area contributed by atoms with Crippen LogP contribution in [0, 0.1) is 43.4 Å². The molecule has 3 aliphatic heterocycles. The van der Waals surface area contributed by atoms with Gasteiger partial charge in [0.15, 0.2) is 0 Å². The van der Waals surface area contributed by atoms with Crippen molar-refractivity contribution in [1.29, 1.82) is 0 Å². The van der Waals surface area contributed by atoms with E-state index in [4.69, 9.17) is 14.2 Å². The quantitative estimate of drug-likeness (QED) is 0.194. The summed E-state index contributed by atoms with van der Waals surface area (Å²) in [6, 6.07) is 35.9. The largest absolute Gasteiger partial charge is 0.365 e. The lowest BCUT2D eigenvalue weighted by atomic mass is 9.72. The Morgan fingerprint density at radius 3 is 1.49 bits per heavy atom. The van der Waals surface area contributed by atoms with Crippen LogP contribution in [-0.2, 0) is 14.2 Å². The number of ether oxygens (including phenoxy) is 3. The minimum absolute atomic E-state index is 0.0542. The zero-order valence-corrected chi connectivity index (χ0v) is 35.5. The van der Waals surface area contributed by atoms with Crippen LogP contribution >= 0.6 is 0 Å². The molecule has 3 heterocycles. The summed E-state index contributed by atoms with van der Waals surface area (Å²) in [7, 11) is 0. The molecule has 0 N–H and O–H groups in total. The first-order valence-corrected chi connectivity index (χ1v) is 22.9. The molecule has 0 spiro atoms. The maximum atomic E-state index is 7.46. The second-order valence-electron chi connectivity index (χ2n) is 18.6. The third-order valence-electron chi connectivity index (χ3n) is 15.0. The fraction of sp³-hybridized carbons (Fsp3) is 0.241. The second-order valence-corrected chi connectivity index (χ2v) is 18.6. The molecule has 4 aromatic carbocycles. The molecule has 13 rings (SSSR count). The van der Waals surface area contributed by atoms with Crippen LogP contribution < -0.4 is 9.80 Å². The van der Waals surface area contributed by atoms with Crippen LogP contribution in [-0.4, -0.2) is 30.5 Å². The van der Waals surface area contributed by atoms with Gasteiger partial charge in [-0.3, -0.25) is 0 Å². The number of benzene rings is 4. The summed E-state index contributed by atoms with van der Waals surface area (Å²) in [5.74, 6) is 1.28. The molecule has 310 valence electrons. The molecule has 3 saturated heterocycles. The van der Waals surface area contributed by atoms with Crippen LogP contribution in [0.4, 0.5) is 11.4 Å². The summed E-state index contributed by atoms with van der Waals surface area (Å²) < 4.78 is 21.5. The van der Waals surface area contributed by atoms with Crippen LogP contribution in [0.3, 0.4) is 0 Å². The first-order valence-electron chi connectivity index (χ1n) is 22.9. The molecular formula is C58H50N2O3. The highest BCUT2D eigenvalue weighted by Crippen LogP contribution is 2.59. The maximum absolute atomic E-state index is 7.46. The van der Waals surface area contributed by atoms with Crippen molar-refractivity contribution in [1.82, 2.24) is 0 Å². The molecule has 0 aromatic heterocycles. The third-order valence-corrected chi connectivity index (χ3v) is 15.0. The molecule has 9 aliphatic rings. The SMILES string of the molecule is Cc1cccc(N(C2=CC3C(OC4C=C(N(C5=CC=CC6C5OC5C=CC=CC56)c5cccc(C)c5)c5ccccc5C43)c3ccccc32)C2=CC=CC3C2OC2C=CC=CC23)c1. The number of allylic oxidation sites excluding steroid dienone is 8. The summed E-state index contributed by atoms with van der Waals surface area (Å²) in [6.07, 6.45) is 36.1. The molecule has 0 saturated carbocycles. The van der Waals surface area contributed by atoms with E-state index in [0.717, 1.165) is 22.8 Å². The topological polar surface area (TPSA) is 34.2 Å². The molecule has 5 heteroatoms. The second kappa shape index (κ2) is 14.7. The van der Waals surface area contributed by atoms with E-state index < -0.39 is 0 Å². The first-order chi connectivity index (χ1) is 31.1. The Morgan fingerprint density at radius 2 is 0.905 bits per heavy atom. The van der Waals surface area contributed by atoms with E-state index in [-0.39, 0.29) is 60.3 Å². The lowest BCUT2D eigenvalue weighted by molar-refractivity contribution is 0.0595.